The third-order valence-corrected chi connectivity index (χ3v) is 7.27. The van der Waals surface area contributed by atoms with Crippen molar-refractivity contribution in [1.29, 1.82) is 0 Å². The summed E-state index contributed by atoms with van der Waals surface area (Å²) in [4.78, 5) is 39.9. The van der Waals surface area contributed by atoms with Crippen molar-refractivity contribution < 1.29 is 34.1 Å². The van der Waals surface area contributed by atoms with E-state index in [0.717, 1.165) is 5.56 Å². The molecular weight excluding hydrogens is 454 g/mol. The lowest BCUT2D eigenvalue weighted by Gasteiger charge is -2.45. The Morgan fingerprint density at radius 3 is 2.40 bits per heavy atom. The zero-order valence-corrected chi connectivity index (χ0v) is 20.4. The lowest BCUT2D eigenvalue weighted by molar-refractivity contribution is -0.146. The van der Waals surface area contributed by atoms with Crippen LogP contribution in [0.2, 0.25) is 0 Å². The molecule has 0 aromatic heterocycles. The normalized spacial score (nSPS) is 31.7. The molecular formula is C25H33N3O7. The first kappa shape index (κ1) is 25.1. The van der Waals surface area contributed by atoms with Gasteiger partial charge in [-0.2, -0.15) is 5.10 Å². The van der Waals surface area contributed by atoms with Crippen LogP contribution in [0, 0.1) is 23.7 Å². The summed E-state index contributed by atoms with van der Waals surface area (Å²) < 4.78 is 10.3. The minimum atomic E-state index is -1.16. The van der Waals surface area contributed by atoms with Gasteiger partial charge in [-0.1, -0.05) is 12.1 Å². The first-order valence-electron chi connectivity index (χ1n) is 11.9. The van der Waals surface area contributed by atoms with Crippen molar-refractivity contribution in [3.05, 3.63) is 29.8 Å². The van der Waals surface area contributed by atoms with Crippen LogP contribution in [-0.2, 0) is 20.9 Å². The van der Waals surface area contributed by atoms with E-state index in [-0.39, 0.29) is 30.8 Å². The summed E-state index contributed by atoms with van der Waals surface area (Å²) in [6, 6.07) is 7.08. The second kappa shape index (κ2) is 9.58. The fraction of sp³-hybridized carbons (Fsp3) is 0.600. The number of hydrazone groups is 1. The molecule has 10 nitrogen and oxygen atoms in total. The highest BCUT2D eigenvalue weighted by atomic mass is 16.6. The number of amides is 3. The van der Waals surface area contributed by atoms with Crippen molar-refractivity contribution >= 4 is 23.6 Å². The van der Waals surface area contributed by atoms with Crippen LogP contribution in [0.15, 0.2) is 29.4 Å². The van der Waals surface area contributed by atoms with E-state index >= 15 is 0 Å². The number of fused-ring (bicyclic) bond motifs is 3. The highest BCUT2D eigenvalue weighted by Gasteiger charge is 2.61. The van der Waals surface area contributed by atoms with E-state index in [1.807, 2.05) is 0 Å². The summed E-state index contributed by atoms with van der Waals surface area (Å²) in [6.45, 7) is 5.45. The predicted molar refractivity (Wildman–Crippen MR) is 125 cm³/mol. The summed E-state index contributed by atoms with van der Waals surface area (Å²) >= 11 is 0. The summed E-state index contributed by atoms with van der Waals surface area (Å²) in [5.74, 6) is -2.09. The van der Waals surface area contributed by atoms with Gasteiger partial charge in [0.2, 0.25) is 11.8 Å². The first-order chi connectivity index (χ1) is 16.5. The number of methoxy groups -OCH3 is 1. The number of likely N-dealkylation sites (tertiary alicyclic amines) is 1. The summed E-state index contributed by atoms with van der Waals surface area (Å²) in [5, 5.41) is 25.6. The number of aliphatic hydroxyl groups excluding tert-OH is 2. The number of benzene rings is 1. The second-order valence-electron chi connectivity index (χ2n) is 10.5. The smallest absolute Gasteiger partial charge is 0.428 e. The molecule has 35 heavy (non-hydrogen) atoms. The van der Waals surface area contributed by atoms with Crippen LogP contribution >= 0.6 is 0 Å². The second-order valence-corrected chi connectivity index (χ2v) is 10.5. The molecule has 0 spiro atoms. The Balaban J connectivity index is 1.47. The van der Waals surface area contributed by atoms with Gasteiger partial charge in [-0.25, -0.2) is 10.2 Å². The number of ether oxygens (including phenoxy) is 2. The summed E-state index contributed by atoms with van der Waals surface area (Å²) in [6.07, 6.45) is -2.02. The van der Waals surface area contributed by atoms with Crippen molar-refractivity contribution in [1.82, 2.24) is 10.3 Å². The third kappa shape index (κ3) is 4.77. The monoisotopic (exact) mass is 487 g/mol. The molecule has 1 saturated heterocycles. The lowest BCUT2D eigenvalue weighted by atomic mass is 9.60. The predicted octanol–water partition coefficient (Wildman–Crippen LogP) is 1.83. The minimum Gasteiger partial charge on any atom is -0.497 e. The molecule has 1 aromatic rings. The first-order valence-corrected chi connectivity index (χ1v) is 11.9. The average Bonchev–Trinajstić information content (AvgIpc) is 3.09. The van der Waals surface area contributed by atoms with E-state index in [9.17, 15) is 24.6 Å². The van der Waals surface area contributed by atoms with Crippen molar-refractivity contribution in [3.8, 4) is 5.75 Å². The van der Waals surface area contributed by atoms with Gasteiger partial charge >= 0.3 is 6.09 Å². The largest absolute Gasteiger partial charge is 0.497 e. The molecule has 3 aliphatic rings. The average molecular weight is 488 g/mol. The van der Waals surface area contributed by atoms with Gasteiger partial charge in [-0.15, -0.1) is 0 Å². The van der Waals surface area contributed by atoms with Crippen LogP contribution in [0.1, 0.15) is 45.6 Å². The number of hydrogen-bond acceptors (Lipinski definition) is 8. The number of nitrogens with one attached hydrogen (secondary N) is 1. The van der Waals surface area contributed by atoms with Crippen molar-refractivity contribution in [2.45, 2.75) is 64.4 Å². The van der Waals surface area contributed by atoms with Crippen LogP contribution in [0.5, 0.6) is 5.75 Å². The van der Waals surface area contributed by atoms with Gasteiger partial charge in [0.05, 0.1) is 31.2 Å². The van der Waals surface area contributed by atoms with E-state index in [0.29, 0.717) is 24.3 Å². The number of aliphatic hydroxyl groups is 2. The third-order valence-electron chi connectivity index (χ3n) is 7.27. The molecule has 1 aliphatic heterocycles. The molecule has 0 radical (unpaired) electrons. The highest BCUT2D eigenvalue weighted by Crippen LogP contribution is 2.50. The van der Waals surface area contributed by atoms with Gasteiger partial charge in [0.25, 0.3) is 0 Å². The molecule has 0 unspecified atom stereocenters. The van der Waals surface area contributed by atoms with E-state index in [2.05, 4.69) is 10.5 Å². The Hall–Kier alpha value is -2.98. The fourth-order valence-corrected chi connectivity index (χ4v) is 5.68. The molecule has 3 N–H and O–H groups in total. The molecule has 2 aliphatic carbocycles. The van der Waals surface area contributed by atoms with Crippen molar-refractivity contribution in [3.63, 3.8) is 0 Å². The van der Waals surface area contributed by atoms with E-state index in [1.165, 1.54) is 4.90 Å². The highest BCUT2D eigenvalue weighted by molar-refractivity contribution is 6.06. The molecule has 4 rings (SSSR count). The van der Waals surface area contributed by atoms with Crippen LogP contribution in [0.3, 0.4) is 0 Å². The SMILES string of the molecule is COc1ccc(COC(=O)N/N=C2\C[C@@H](O)[C@@H](O)[C@@H]3[C@@H]4C(=O)N(C(C)(C)C)C(=O)[C@@H]4CC[C@@H]23)cc1. The quantitative estimate of drug-likeness (QED) is 0.435. The number of carbonyl (C=O) groups is 3. The topological polar surface area (TPSA) is 138 Å². The number of rotatable bonds is 4. The van der Waals surface area contributed by atoms with Gasteiger partial charge in [0, 0.05) is 29.5 Å². The van der Waals surface area contributed by atoms with Gasteiger partial charge in [0.15, 0.2) is 0 Å². The van der Waals surface area contributed by atoms with Gasteiger partial charge in [-0.3, -0.25) is 14.5 Å². The maximum atomic E-state index is 13.3. The number of hydrogen-bond donors (Lipinski definition) is 3. The van der Waals surface area contributed by atoms with Gasteiger partial charge in [-0.05, 0) is 51.3 Å². The molecule has 3 amide bonds. The Bertz CT molecular complexity index is 1020. The molecule has 1 aromatic carbocycles. The molecule has 0 bridgehead atoms. The summed E-state index contributed by atoms with van der Waals surface area (Å²) in [7, 11) is 1.57. The molecule has 3 fully saturated rings. The Morgan fingerprint density at radius 2 is 1.77 bits per heavy atom. The standard InChI is InChI=1S/C25H33N3O7/c1-25(2,3)28-22(31)16-10-9-15-17(11-18(29)21(30)19(15)20(16)23(28)32)26-27-24(33)35-12-13-5-7-14(34-4)8-6-13/h5-8,15-16,18-21,29-30H,9-12H2,1-4H3,(H,27,33)/b26-17+/t15-,16+,18+,19-,20+,21+/m0/s1. The van der Waals surface area contributed by atoms with Gasteiger partial charge in [0.1, 0.15) is 12.4 Å². The Labute approximate surface area is 204 Å². The molecule has 10 heteroatoms. The molecule has 2 saturated carbocycles. The van der Waals surface area contributed by atoms with E-state index in [1.54, 1.807) is 52.1 Å². The van der Waals surface area contributed by atoms with Gasteiger partial charge < -0.3 is 19.7 Å². The van der Waals surface area contributed by atoms with Crippen molar-refractivity contribution in [2.75, 3.05) is 7.11 Å². The van der Waals surface area contributed by atoms with Crippen LogP contribution in [-0.4, -0.2) is 63.6 Å². The molecule has 190 valence electrons. The number of imide groups is 1. The molecule has 1 heterocycles. The Morgan fingerprint density at radius 1 is 1.11 bits per heavy atom. The van der Waals surface area contributed by atoms with E-state index in [4.69, 9.17) is 9.47 Å². The van der Waals surface area contributed by atoms with Crippen LogP contribution in [0.25, 0.3) is 0 Å². The minimum absolute atomic E-state index is 0.0388. The maximum absolute atomic E-state index is 13.3. The number of nitrogens with zero attached hydrogens (tertiary/aromatic N) is 2. The maximum Gasteiger partial charge on any atom is 0.428 e. The van der Waals surface area contributed by atoms with E-state index < -0.39 is 41.6 Å². The lowest BCUT2D eigenvalue weighted by Crippen LogP contribution is -2.55. The molecule has 6 atom stereocenters. The fourth-order valence-electron chi connectivity index (χ4n) is 5.68. The van der Waals surface area contributed by atoms with Crippen molar-refractivity contribution in [2.24, 2.45) is 28.8 Å². The zero-order valence-electron chi connectivity index (χ0n) is 20.4. The van der Waals surface area contributed by atoms with Crippen LogP contribution in [0.4, 0.5) is 4.79 Å². The Kier molecular flexibility index (Phi) is 6.88. The zero-order chi connectivity index (χ0) is 25.5. The van der Waals surface area contributed by atoms with Crippen LogP contribution < -0.4 is 10.2 Å². The number of carbonyl (C=O) groups excluding carboxylic acids is 3. The summed E-state index contributed by atoms with van der Waals surface area (Å²) in [5.41, 5.74) is 2.96.